The fourth-order valence-electron chi connectivity index (χ4n) is 3.72. The Morgan fingerprint density at radius 2 is 2.04 bits per heavy atom. The lowest BCUT2D eigenvalue weighted by atomic mass is 9.88. The predicted molar refractivity (Wildman–Crippen MR) is 88.6 cm³/mol. The molecular weight excluding hydrogens is 346 g/mol. The van der Waals surface area contributed by atoms with E-state index in [4.69, 9.17) is 4.74 Å². The zero-order chi connectivity index (χ0) is 17.8. The molecule has 9 heteroatoms. The highest BCUT2D eigenvalue weighted by Gasteiger charge is 2.45. The van der Waals surface area contributed by atoms with Crippen LogP contribution in [0.2, 0.25) is 0 Å². The molecule has 25 heavy (non-hydrogen) atoms. The van der Waals surface area contributed by atoms with Crippen LogP contribution >= 0.6 is 0 Å². The Hall–Kier alpha value is -2.13. The van der Waals surface area contributed by atoms with Gasteiger partial charge < -0.3 is 15.0 Å². The number of fused-ring (bicyclic) bond motifs is 2. The van der Waals surface area contributed by atoms with Gasteiger partial charge in [0, 0.05) is 26.7 Å². The monoisotopic (exact) mass is 365 g/mol. The second-order valence-corrected chi connectivity index (χ2v) is 8.67. The Kier molecular flexibility index (Phi) is 3.73. The van der Waals surface area contributed by atoms with Crippen molar-refractivity contribution in [1.82, 2.24) is 9.21 Å². The first-order valence-electron chi connectivity index (χ1n) is 8.18. The lowest BCUT2D eigenvalue weighted by Gasteiger charge is -2.30. The van der Waals surface area contributed by atoms with Crippen LogP contribution in [0.25, 0.3) is 0 Å². The van der Waals surface area contributed by atoms with E-state index in [0.717, 1.165) is 6.42 Å². The summed E-state index contributed by atoms with van der Waals surface area (Å²) in [5.74, 6) is -0.0540. The summed E-state index contributed by atoms with van der Waals surface area (Å²) >= 11 is 0. The number of sulfonamides is 1. The molecule has 1 aromatic carbocycles. The summed E-state index contributed by atoms with van der Waals surface area (Å²) in [7, 11) is -1.98. The van der Waals surface area contributed by atoms with Gasteiger partial charge in [-0.1, -0.05) is 0 Å². The molecule has 4 rings (SSSR count). The Labute approximate surface area is 145 Å². The van der Waals surface area contributed by atoms with Crippen molar-refractivity contribution in [2.45, 2.75) is 11.3 Å². The summed E-state index contributed by atoms with van der Waals surface area (Å²) in [6, 6.07) is 4.43. The van der Waals surface area contributed by atoms with Crippen LogP contribution in [0, 0.1) is 11.8 Å². The van der Waals surface area contributed by atoms with E-state index in [1.54, 1.807) is 18.0 Å². The van der Waals surface area contributed by atoms with Gasteiger partial charge >= 0.3 is 0 Å². The minimum atomic E-state index is -3.73. The first-order valence-corrected chi connectivity index (χ1v) is 9.62. The lowest BCUT2D eigenvalue weighted by molar-refractivity contribution is -0.137. The van der Waals surface area contributed by atoms with Crippen LogP contribution in [0.4, 0.5) is 5.69 Å². The maximum atomic E-state index is 13.0. The molecule has 0 spiro atoms. The van der Waals surface area contributed by atoms with Gasteiger partial charge in [0.2, 0.25) is 15.9 Å². The maximum Gasteiger partial charge on any atom is 0.262 e. The van der Waals surface area contributed by atoms with E-state index >= 15 is 0 Å². The van der Waals surface area contributed by atoms with Crippen LogP contribution in [0.3, 0.4) is 0 Å². The SMILES string of the molecule is CN1CCC2CN(S(=O)(=O)c3ccc4c(c3)NC(=O)CO4)CC2C1=O. The number of ether oxygens (including phenoxy) is 1. The van der Waals surface area contributed by atoms with E-state index in [1.165, 1.54) is 16.4 Å². The first kappa shape index (κ1) is 16.3. The average molecular weight is 365 g/mol. The van der Waals surface area contributed by atoms with Crippen LogP contribution in [0.15, 0.2) is 23.1 Å². The zero-order valence-electron chi connectivity index (χ0n) is 13.8. The van der Waals surface area contributed by atoms with Crippen molar-refractivity contribution in [3.05, 3.63) is 18.2 Å². The minimum Gasteiger partial charge on any atom is -0.482 e. The fourth-order valence-corrected chi connectivity index (χ4v) is 5.27. The molecule has 3 heterocycles. The topological polar surface area (TPSA) is 96.0 Å². The number of hydrogen-bond donors (Lipinski definition) is 1. The van der Waals surface area contributed by atoms with E-state index in [0.29, 0.717) is 24.5 Å². The van der Waals surface area contributed by atoms with E-state index < -0.39 is 10.0 Å². The molecule has 0 bridgehead atoms. The highest BCUT2D eigenvalue weighted by atomic mass is 32.2. The summed E-state index contributed by atoms with van der Waals surface area (Å²) < 4.78 is 32.6. The summed E-state index contributed by atoms with van der Waals surface area (Å²) in [5, 5.41) is 2.62. The number of carbonyl (C=O) groups is 2. The van der Waals surface area contributed by atoms with Gasteiger partial charge in [-0.15, -0.1) is 0 Å². The second kappa shape index (κ2) is 5.70. The van der Waals surface area contributed by atoms with Crippen LogP contribution in [0.1, 0.15) is 6.42 Å². The molecule has 0 saturated carbocycles. The number of hydrogen-bond acceptors (Lipinski definition) is 5. The molecular formula is C16H19N3O5S. The Morgan fingerprint density at radius 3 is 2.84 bits per heavy atom. The van der Waals surface area contributed by atoms with E-state index in [-0.39, 0.29) is 41.7 Å². The van der Waals surface area contributed by atoms with Crippen molar-refractivity contribution in [1.29, 1.82) is 0 Å². The minimum absolute atomic E-state index is 0.0139. The van der Waals surface area contributed by atoms with Gasteiger partial charge in [-0.2, -0.15) is 4.31 Å². The molecule has 2 amide bonds. The molecule has 0 radical (unpaired) electrons. The summed E-state index contributed by atoms with van der Waals surface area (Å²) in [6.07, 6.45) is 0.813. The number of amides is 2. The third-order valence-corrected chi connectivity index (χ3v) is 6.99. The third kappa shape index (κ3) is 2.67. The fraction of sp³-hybridized carbons (Fsp3) is 0.500. The summed E-state index contributed by atoms with van der Waals surface area (Å²) in [6.45, 7) is 1.14. The van der Waals surface area contributed by atoms with Crippen LogP contribution in [-0.4, -0.2) is 62.7 Å². The van der Waals surface area contributed by atoms with Gasteiger partial charge in [0.05, 0.1) is 16.5 Å². The van der Waals surface area contributed by atoms with E-state index in [2.05, 4.69) is 5.32 Å². The number of rotatable bonds is 2. The Bertz CT molecular complexity index is 853. The number of nitrogens with one attached hydrogen (secondary N) is 1. The predicted octanol–water partition coefficient (Wildman–Crippen LogP) is 0.116. The second-order valence-electron chi connectivity index (χ2n) is 6.73. The molecule has 3 aliphatic heterocycles. The molecule has 2 unspecified atom stereocenters. The normalized spacial score (nSPS) is 26.7. The van der Waals surface area contributed by atoms with Crippen molar-refractivity contribution in [3.8, 4) is 5.75 Å². The van der Waals surface area contributed by atoms with Crippen molar-refractivity contribution in [3.63, 3.8) is 0 Å². The van der Waals surface area contributed by atoms with Crippen LogP contribution < -0.4 is 10.1 Å². The Balaban J connectivity index is 1.61. The molecule has 8 nitrogen and oxygen atoms in total. The average Bonchev–Trinajstić information content (AvgIpc) is 3.03. The summed E-state index contributed by atoms with van der Waals surface area (Å²) in [4.78, 5) is 25.5. The van der Waals surface area contributed by atoms with Crippen molar-refractivity contribution in [2.75, 3.05) is 38.6 Å². The third-order valence-electron chi connectivity index (χ3n) is 5.16. The molecule has 0 aromatic heterocycles. The number of nitrogens with zero attached hydrogens (tertiary/aromatic N) is 2. The van der Waals surface area contributed by atoms with Gasteiger partial charge in [-0.05, 0) is 30.5 Å². The number of carbonyl (C=O) groups excluding carboxylic acids is 2. The standard InChI is InChI=1S/C16H19N3O5S/c1-18-5-4-10-7-19(8-12(10)16(18)21)25(22,23)11-2-3-14-13(6-11)17-15(20)9-24-14/h2-3,6,10,12H,4-5,7-9H2,1H3,(H,17,20). The molecule has 0 aliphatic carbocycles. The van der Waals surface area contributed by atoms with E-state index in [9.17, 15) is 18.0 Å². The molecule has 1 N–H and O–H groups in total. The number of benzene rings is 1. The molecule has 2 fully saturated rings. The van der Waals surface area contributed by atoms with Gasteiger partial charge in [-0.25, -0.2) is 8.42 Å². The van der Waals surface area contributed by atoms with Gasteiger partial charge in [0.25, 0.3) is 5.91 Å². The molecule has 134 valence electrons. The van der Waals surface area contributed by atoms with Crippen molar-refractivity contribution < 1.29 is 22.7 Å². The van der Waals surface area contributed by atoms with E-state index in [1.807, 2.05) is 0 Å². The molecule has 1 aromatic rings. The summed E-state index contributed by atoms with van der Waals surface area (Å²) in [5.41, 5.74) is 0.352. The van der Waals surface area contributed by atoms with Crippen LogP contribution in [0.5, 0.6) is 5.75 Å². The maximum absolute atomic E-state index is 13.0. The number of likely N-dealkylation sites (tertiary alicyclic amines) is 1. The quantitative estimate of drug-likeness (QED) is 0.803. The lowest BCUT2D eigenvalue weighted by Crippen LogP contribution is -2.42. The van der Waals surface area contributed by atoms with Gasteiger partial charge in [0.1, 0.15) is 5.75 Å². The number of piperidine rings is 1. The van der Waals surface area contributed by atoms with Crippen molar-refractivity contribution in [2.24, 2.45) is 11.8 Å². The largest absolute Gasteiger partial charge is 0.482 e. The van der Waals surface area contributed by atoms with Gasteiger partial charge in [-0.3, -0.25) is 9.59 Å². The van der Waals surface area contributed by atoms with Crippen molar-refractivity contribution >= 4 is 27.5 Å². The molecule has 2 atom stereocenters. The van der Waals surface area contributed by atoms with Crippen LogP contribution in [-0.2, 0) is 19.6 Å². The molecule has 3 aliphatic rings. The smallest absolute Gasteiger partial charge is 0.262 e. The highest BCUT2D eigenvalue weighted by molar-refractivity contribution is 7.89. The van der Waals surface area contributed by atoms with Gasteiger partial charge in [0.15, 0.2) is 6.61 Å². The number of anilines is 1. The Morgan fingerprint density at radius 1 is 1.24 bits per heavy atom. The zero-order valence-corrected chi connectivity index (χ0v) is 14.6. The first-order chi connectivity index (χ1) is 11.9. The molecule has 2 saturated heterocycles. The highest BCUT2D eigenvalue weighted by Crippen LogP contribution is 2.36.